The summed E-state index contributed by atoms with van der Waals surface area (Å²) in [5.41, 5.74) is 3.61. The summed E-state index contributed by atoms with van der Waals surface area (Å²) >= 11 is 0. The van der Waals surface area contributed by atoms with Crippen LogP contribution in [0, 0.1) is 12.8 Å². The van der Waals surface area contributed by atoms with E-state index in [9.17, 15) is 9.59 Å². The van der Waals surface area contributed by atoms with E-state index in [0.717, 1.165) is 11.1 Å². The van der Waals surface area contributed by atoms with E-state index in [1.165, 1.54) is 4.90 Å². The zero-order valence-corrected chi connectivity index (χ0v) is 18.0. The molecule has 2 aromatic carbocycles. The number of carboxylic acid groups (broad SMARTS) is 1. The average molecular weight is 435 g/mol. The van der Waals surface area contributed by atoms with Gasteiger partial charge in [0, 0.05) is 25.2 Å². The third kappa shape index (κ3) is 4.36. The van der Waals surface area contributed by atoms with Gasteiger partial charge in [-0.05, 0) is 31.5 Å². The van der Waals surface area contributed by atoms with Crippen LogP contribution in [0.25, 0.3) is 11.3 Å². The first kappa shape index (κ1) is 21.6. The molecule has 1 aliphatic heterocycles. The Hall–Kier alpha value is -3.65. The molecule has 0 atom stereocenters. The maximum absolute atomic E-state index is 12.9. The first-order chi connectivity index (χ1) is 15.5. The molecule has 0 bridgehead atoms. The minimum Gasteiger partial charge on any atom is -0.481 e. The highest BCUT2D eigenvalue weighted by Crippen LogP contribution is 2.38. The molecule has 0 aliphatic carbocycles. The molecule has 1 aliphatic rings. The van der Waals surface area contributed by atoms with Gasteiger partial charge in [-0.3, -0.25) is 9.69 Å². The van der Waals surface area contributed by atoms with E-state index in [0.29, 0.717) is 42.5 Å². The molecule has 4 rings (SSSR count). The average Bonchev–Trinajstić information content (AvgIpc) is 3.13. The molecule has 0 spiro atoms. The molecule has 1 fully saturated rings. The lowest BCUT2D eigenvalue weighted by molar-refractivity contribution is -0.147. The van der Waals surface area contributed by atoms with Gasteiger partial charge >= 0.3 is 12.1 Å². The van der Waals surface area contributed by atoms with Gasteiger partial charge in [0.25, 0.3) is 0 Å². The topological polar surface area (TPSA) is 96.1 Å². The molecule has 1 amide bonds. The fraction of sp³-hybridized carbons (Fsp3) is 0.292. The molecule has 1 saturated heterocycles. The van der Waals surface area contributed by atoms with Crippen molar-refractivity contribution in [1.82, 2.24) is 10.1 Å². The number of anilines is 2. The number of para-hydroxylation sites is 1. The van der Waals surface area contributed by atoms with Gasteiger partial charge in [-0.2, -0.15) is 0 Å². The van der Waals surface area contributed by atoms with E-state index >= 15 is 0 Å². The van der Waals surface area contributed by atoms with E-state index < -0.39 is 12.1 Å². The van der Waals surface area contributed by atoms with Crippen LogP contribution < -0.4 is 4.90 Å². The number of aliphatic carboxylic acids is 1. The van der Waals surface area contributed by atoms with Gasteiger partial charge in [-0.25, -0.2) is 9.69 Å². The number of hydrogen-bond donors (Lipinski definition) is 1. The molecule has 1 aromatic heterocycles. The SMILES string of the molecule is CCOC(=O)N(c1ccccc1)c1c(C)noc1-c1ccc(CN2CC(C(=O)O)C2)cc1. The second-order valence-corrected chi connectivity index (χ2v) is 7.74. The molecule has 0 unspecified atom stereocenters. The van der Waals surface area contributed by atoms with Gasteiger partial charge in [0.15, 0.2) is 5.76 Å². The van der Waals surface area contributed by atoms with Crippen LogP contribution in [0.4, 0.5) is 16.2 Å². The van der Waals surface area contributed by atoms with Crippen molar-refractivity contribution in [3.63, 3.8) is 0 Å². The van der Waals surface area contributed by atoms with Crippen molar-refractivity contribution in [2.24, 2.45) is 5.92 Å². The van der Waals surface area contributed by atoms with Gasteiger partial charge in [-0.1, -0.05) is 47.6 Å². The number of carboxylic acids is 1. The molecule has 8 nitrogen and oxygen atoms in total. The zero-order valence-electron chi connectivity index (χ0n) is 18.0. The van der Waals surface area contributed by atoms with Gasteiger partial charge < -0.3 is 14.4 Å². The molecular formula is C24H25N3O5. The summed E-state index contributed by atoms with van der Waals surface area (Å²) in [5.74, 6) is -0.545. The molecule has 32 heavy (non-hydrogen) atoms. The first-order valence-electron chi connectivity index (χ1n) is 10.5. The van der Waals surface area contributed by atoms with Crippen LogP contribution in [0.2, 0.25) is 0 Å². The fourth-order valence-electron chi connectivity index (χ4n) is 3.78. The summed E-state index contributed by atoms with van der Waals surface area (Å²) in [6, 6.07) is 17.0. The monoisotopic (exact) mass is 435 g/mol. The first-order valence-corrected chi connectivity index (χ1v) is 10.5. The quantitative estimate of drug-likeness (QED) is 0.585. The van der Waals surface area contributed by atoms with Crippen molar-refractivity contribution in [2.45, 2.75) is 20.4 Å². The Balaban J connectivity index is 1.60. The van der Waals surface area contributed by atoms with Crippen molar-refractivity contribution in [3.8, 4) is 11.3 Å². The molecule has 0 saturated carbocycles. The lowest BCUT2D eigenvalue weighted by atomic mass is 9.99. The normalized spacial score (nSPS) is 14.1. The van der Waals surface area contributed by atoms with E-state index in [1.54, 1.807) is 13.8 Å². The summed E-state index contributed by atoms with van der Waals surface area (Å²) in [5, 5.41) is 13.1. The minimum atomic E-state index is -0.741. The fourth-order valence-corrected chi connectivity index (χ4v) is 3.78. The number of carbonyl (C=O) groups excluding carboxylic acids is 1. The Morgan fingerprint density at radius 3 is 2.47 bits per heavy atom. The highest BCUT2D eigenvalue weighted by Gasteiger charge is 2.32. The molecule has 8 heteroatoms. The van der Waals surface area contributed by atoms with Crippen molar-refractivity contribution in [3.05, 3.63) is 65.9 Å². The summed E-state index contributed by atoms with van der Waals surface area (Å²) in [6.45, 7) is 5.61. The lowest BCUT2D eigenvalue weighted by Gasteiger charge is -2.36. The Morgan fingerprint density at radius 1 is 1.16 bits per heavy atom. The molecule has 1 N–H and O–H groups in total. The predicted molar refractivity (Wildman–Crippen MR) is 119 cm³/mol. The number of benzene rings is 2. The van der Waals surface area contributed by atoms with Crippen LogP contribution in [-0.4, -0.2) is 46.9 Å². The number of likely N-dealkylation sites (tertiary alicyclic amines) is 1. The highest BCUT2D eigenvalue weighted by molar-refractivity contribution is 6.00. The van der Waals surface area contributed by atoms with Crippen LogP contribution in [-0.2, 0) is 16.1 Å². The van der Waals surface area contributed by atoms with Crippen molar-refractivity contribution < 1.29 is 24.0 Å². The molecule has 0 radical (unpaired) electrons. The molecular weight excluding hydrogens is 410 g/mol. The number of rotatable bonds is 7. The second kappa shape index (κ2) is 9.23. The Bertz CT molecular complexity index is 1090. The van der Waals surface area contributed by atoms with Gasteiger partial charge in [0.05, 0.1) is 18.2 Å². The van der Waals surface area contributed by atoms with Gasteiger partial charge in [0.2, 0.25) is 0 Å². The molecule has 2 heterocycles. The third-order valence-electron chi connectivity index (χ3n) is 5.45. The van der Waals surface area contributed by atoms with Crippen LogP contribution in [0.5, 0.6) is 0 Å². The van der Waals surface area contributed by atoms with E-state index in [1.807, 2.05) is 54.6 Å². The smallest absolute Gasteiger partial charge is 0.419 e. The standard InChI is InChI=1S/C24H25N3O5/c1-3-31-24(30)27(20-7-5-4-6-8-20)21-16(2)25-32-22(21)18-11-9-17(10-12-18)13-26-14-19(15-26)23(28)29/h4-12,19H,3,13-15H2,1-2H3,(H,28,29). The van der Waals surface area contributed by atoms with Crippen molar-refractivity contribution >= 4 is 23.4 Å². The molecule has 166 valence electrons. The maximum Gasteiger partial charge on any atom is 0.419 e. The Kier molecular flexibility index (Phi) is 6.23. The molecule has 3 aromatic rings. The van der Waals surface area contributed by atoms with E-state index in [2.05, 4.69) is 10.1 Å². The van der Waals surface area contributed by atoms with E-state index in [4.69, 9.17) is 14.4 Å². The maximum atomic E-state index is 12.9. The summed E-state index contributed by atoms with van der Waals surface area (Å²) in [7, 11) is 0. The van der Waals surface area contributed by atoms with Crippen molar-refractivity contribution in [1.29, 1.82) is 0 Å². The number of ether oxygens (including phenoxy) is 1. The Labute approximate surface area is 186 Å². The number of aromatic nitrogens is 1. The lowest BCUT2D eigenvalue weighted by Crippen LogP contribution is -2.49. The number of nitrogens with zero attached hydrogens (tertiary/aromatic N) is 3. The minimum absolute atomic E-state index is 0.246. The van der Waals surface area contributed by atoms with E-state index in [-0.39, 0.29) is 12.5 Å². The van der Waals surface area contributed by atoms with Crippen LogP contribution in [0.3, 0.4) is 0 Å². The van der Waals surface area contributed by atoms with Crippen LogP contribution in [0.1, 0.15) is 18.2 Å². The van der Waals surface area contributed by atoms with Gasteiger partial charge in [-0.15, -0.1) is 0 Å². The van der Waals surface area contributed by atoms with Crippen LogP contribution >= 0.6 is 0 Å². The Morgan fingerprint density at radius 2 is 1.84 bits per heavy atom. The number of hydrogen-bond acceptors (Lipinski definition) is 6. The van der Waals surface area contributed by atoms with Gasteiger partial charge in [0.1, 0.15) is 11.4 Å². The summed E-state index contributed by atoms with van der Waals surface area (Å²) in [6.07, 6.45) is -0.506. The largest absolute Gasteiger partial charge is 0.481 e. The predicted octanol–water partition coefficient (Wildman–Crippen LogP) is 4.46. The summed E-state index contributed by atoms with van der Waals surface area (Å²) < 4.78 is 10.9. The third-order valence-corrected chi connectivity index (χ3v) is 5.45. The van der Waals surface area contributed by atoms with Crippen molar-refractivity contribution in [2.75, 3.05) is 24.6 Å². The second-order valence-electron chi connectivity index (χ2n) is 7.74. The number of aryl methyl sites for hydroxylation is 1. The number of amides is 1. The summed E-state index contributed by atoms with van der Waals surface area (Å²) in [4.78, 5) is 27.4. The zero-order chi connectivity index (χ0) is 22.7. The highest BCUT2D eigenvalue weighted by atomic mass is 16.6. The van der Waals surface area contributed by atoms with Crippen LogP contribution in [0.15, 0.2) is 59.1 Å². The number of carbonyl (C=O) groups is 2.